The molecule has 1 amide bonds. The highest BCUT2D eigenvalue weighted by atomic mass is 35.5. The van der Waals surface area contributed by atoms with Gasteiger partial charge in [0.15, 0.2) is 0 Å². The van der Waals surface area contributed by atoms with E-state index < -0.39 is 0 Å². The van der Waals surface area contributed by atoms with Crippen molar-refractivity contribution in [1.29, 1.82) is 0 Å². The molecule has 2 aromatic heterocycles. The quantitative estimate of drug-likeness (QED) is 0.699. The van der Waals surface area contributed by atoms with Gasteiger partial charge < -0.3 is 10.2 Å². The molecule has 2 fully saturated rings. The molecular weight excluding hydrogens is 300 g/mol. The summed E-state index contributed by atoms with van der Waals surface area (Å²) >= 11 is 6.11. The number of amides is 1. The van der Waals surface area contributed by atoms with Crippen molar-refractivity contribution in [3.05, 3.63) is 29.5 Å². The first-order valence-electron chi connectivity index (χ1n) is 7.65. The summed E-state index contributed by atoms with van der Waals surface area (Å²) in [6, 6.07) is 6.73. The van der Waals surface area contributed by atoms with Crippen LogP contribution in [0.15, 0.2) is 24.4 Å². The second-order valence-corrected chi connectivity index (χ2v) is 6.50. The molecule has 2 aliphatic heterocycles. The summed E-state index contributed by atoms with van der Waals surface area (Å²) in [7, 11) is 0. The fourth-order valence-electron chi connectivity index (χ4n) is 3.85. The van der Waals surface area contributed by atoms with Crippen molar-refractivity contribution in [2.45, 2.75) is 43.8 Å². The van der Waals surface area contributed by atoms with Crippen LogP contribution in [0, 0.1) is 0 Å². The van der Waals surface area contributed by atoms with Crippen LogP contribution in [0.1, 0.15) is 25.7 Å². The summed E-state index contributed by atoms with van der Waals surface area (Å²) < 4.78 is 0. The molecule has 0 aliphatic carbocycles. The summed E-state index contributed by atoms with van der Waals surface area (Å²) in [6.45, 7) is 0. The summed E-state index contributed by atoms with van der Waals surface area (Å²) in [4.78, 5) is 21.9. The Morgan fingerprint density at radius 2 is 2.09 bits per heavy atom. The van der Waals surface area contributed by atoms with Gasteiger partial charge in [-0.3, -0.25) is 9.78 Å². The number of pyridine rings is 2. The van der Waals surface area contributed by atoms with E-state index in [4.69, 9.17) is 11.6 Å². The van der Waals surface area contributed by atoms with Crippen LogP contribution in [0.3, 0.4) is 0 Å². The monoisotopic (exact) mass is 316 g/mol. The molecular formula is C16H17ClN4O. The Bertz CT molecular complexity index is 708. The summed E-state index contributed by atoms with van der Waals surface area (Å²) in [5, 5.41) is 4.96. The summed E-state index contributed by atoms with van der Waals surface area (Å²) in [5.74, 6) is 0.791. The average molecular weight is 317 g/mol. The van der Waals surface area contributed by atoms with Crippen LogP contribution in [0.2, 0.25) is 5.15 Å². The van der Waals surface area contributed by atoms with Gasteiger partial charge in [-0.15, -0.1) is 0 Å². The molecule has 6 heteroatoms. The SMILES string of the molecule is O=CN1C2CCC1CC(Nc1nc(Cl)cc3ncccc13)C2. The number of hydrogen-bond donors (Lipinski definition) is 1. The van der Waals surface area contributed by atoms with Gasteiger partial charge in [0.1, 0.15) is 11.0 Å². The van der Waals surface area contributed by atoms with Gasteiger partial charge in [0.2, 0.25) is 6.41 Å². The van der Waals surface area contributed by atoms with E-state index >= 15 is 0 Å². The number of halogens is 1. The average Bonchev–Trinajstić information content (AvgIpc) is 2.77. The van der Waals surface area contributed by atoms with Crippen molar-refractivity contribution in [1.82, 2.24) is 14.9 Å². The van der Waals surface area contributed by atoms with Crippen LogP contribution < -0.4 is 5.32 Å². The fourth-order valence-corrected chi connectivity index (χ4v) is 4.04. The van der Waals surface area contributed by atoms with E-state index in [0.29, 0.717) is 23.3 Å². The van der Waals surface area contributed by atoms with Gasteiger partial charge in [0, 0.05) is 35.8 Å². The largest absolute Gasteiger partial charge is 0.367 e. The third-order valence-corrected chi connectivity index (χ3v) is 5.01. The van der Waals surface area contributed by atoms with Gasteiger partial charge in [0.05, 0.1) is 5.52 Å². The zero-order chi connectivity index (χ0) is 15.1. The topological polar surface area (TPSA) is 58.1 Å². The van der Waals surface area contributed by atoms with E-state index in [9.17, 15) is 4.79 Å². The minimum absolute atomic E-state index is 0.322. The Morgan fingerprint density at radius 1 is 1.32 bits per heavy atom. The zero-order valence-electron chi connectivity index (χ0n) is 12.1. The van der Waals surface area contributed by atoms with Crippen molar-refractivity contribution in [3.63, 3.8) is 0 Å². The fraction of sp³-hybridized carbons (Fsp3) is 0.438. The lowest BCUT2D eigenvalue weighted by Gasteiger charge is -2.37. The Morgan fingerprint density at radius 3 is 2.82 bits per heavy atom. The maximum atomic E-state index is 11.2. The predicted octanol–water partition coefficient (Wildman–Crippen LogP) is 2.85. The van der Waals surface area contributed by atoms with Crippen LogP contribution in [0.5, 0.6) is 0 Å². The predicted molar refractivity (Wildman–Crippen MR) is 85.9 cm³/mol. The van der Waals surface area contributed by atoms with E-state index in [2.05, 4.69) is 15.3 Å². The molecule has 0 aromatic carbocycles. The summed E-state index contributed by atoms with van der Waals surface area (Å²) in [6.07, 6.45) is 6.90. The minimum atomic E-state index is 0.322. The molecule has 2 atom stereocenters. The lowest BCUT2D eigenvalue weighted by atomic mass is 9.98. The number of anilines is 1. The van der Waals surface area contributed by atoms with E-state index in [0.717, 1.165) is 48.8 Å². The lowest BCUT2D eigenvalue weighted by Crippen LogP contribution is -2.46. The molecule has 22 heavy (non-hydrogen) atoms. The van der Waals surface area contributed by atoms with E-state index in [-0.39, 0.29) is 0 Å². The molecule has 0 radical (unpaired) electrons. The van der Waals surface area contributed by atoms with Crippen molar-refractivity contribution in [2.75, 3.05) is 5.32 Å². The molecule has 2 unspecified atom stereocenters. The molecule has 0 saturated carbocycles. The molecule has 5 nitrogen and oxygen atoms in total. The highest BCUT2D eigenvalue weighted by molar-refractivity contribution is 6.30. The second kappa shape index (κ2) is 5.39. The number of hydrogen-bond acceptors (Lipinski definition) is 4. The molecule has 2 aliphatic rings. The molecule has 2 bridgehead atoms. The third-order valence-electron chi connectivity index (χ3n) is 4.82. The van der Waals surface area contributed by atoms with Gasteiger partial charge in [-0.25, -0.2) is 4.98 Å². The second-order valence-electron chi connectivity index (χ2n) is 6.11. The van der Waals surface area contributed by atoms with Crippen LogP contribution in [0.25, 0.3) is 10.9 Å². The number of carbonyl (C=O) groups is 1. The number of rotatable bonds is 3. The molecule has 2 aromatic rings. The lowest BCUT2D eigenvalue weighted by molar-refractivity contribution is -0.122. The number of carbonyl (C=O) groups excluding carboxylic acids is 1. The normalized spacial score (nSPS) is 27.1. The minimum Gasteiger partial charge on any atom is -0.367 e. The number of nitrogens with zero attached hydrogens (tertiary/aromatic N) is 3. The molecule has 0 spiro atoms. The molecule has 4 heterocycles. The van der Waals surface area contributed by atoms with Gasteiger partial charge in [0.25, 0.3) is 0 Å². The number of nitrogens with one attached hydrogen (secondary N) is 1. The van der Waals surface area contributed by atoms with Gasteiger partial charge >= 0.3 is 0 Å². The molecule has 2 saturated heterocycles. The number of piperidine rings is 1. The van der Waals surface area contributed by atoms with Gasteiger partial charge in [-0.2, -0.15) is 0 Å². The van der Waals surface area contributed by atoms with Gasteiger partial charge in [-0.05, 0) is 37.8 Å². The summed E-state index contributed by atoms with van der Waals surface area (Å²) in [5.41, 5.74) is 0.846. The third kappa shape index (κ3) is 2.29. The first-order chi connectivity index (χ1) is 10.7. The Hall–Kier alpha value is -1.88. The number of aromatic nitrogens is 2. The van der Waals surface area contributed by atoms with Crippen LogP contribution in [0.4, 0.5) is 5.82 Å². The van der Waals surface area contributed by atoms with Crippen molar-refractivity contribution in [3.8, 4) is 0 Å². The molecule has 4 rings (SSSR count). The van der Waals surface area contributed by atoms with Gasteiger partial charge in [-0.1, -0.05) is 11.6 Å². The molecule has 1 N–H and O–H groups in total. The van der Waals surface area contributed by atoms with E-state index in [1.54, 1.807) is 12.3 Å². The standard InChI is InChI=1S/C16H17ClN4O/c17-15-8-14-13(2-1-5-18-14)16(20-15)19-10-6-11-3-4-12(7-10)21(11)9-22/h1-2,5,8-12H,3-4,6-7H2,(H,19,20). The maximum Gasteiger partial charge on any atom is 0.210 e. The highest BCUT2D eigenvalue weighted by Crippen LogP contribution is 2.36. The first kappa shape index (κ1) is 13.8. The van der Waals surface area contributed by atoms with E-state index in [1.165, 1.54) is 0 Å². The highest BCUT2D eigenvalue weighted by Gasteiger charge is 2.40. The van der Waals surface area contributed by atoms with Crippen LogP contribution >= 0.6 is 11.6 Å². The van der Waals surface area contributed by atoms with E-state index in [1.807, 2.05) is 17.0 Å². The smallest absolute Gasteiger partial charge is 0.210 e. The van der Waals surface area contributed by atoms with Crippen LogP contribution in [-0.4, -0.2) is 39.4 Å². The first-order valence-corrected chi connectivity index (χ1v) is 8.03. The van der Waals surface area contributed by atoms with Crippen LogP contribution in [-0.2, 0) is 4.79 Å². The number of fused-ring (bicyclic) bond motifs is 3. The Balaban J connectivity index is 1.61. The Labute approximate surface area is 133 Å². The Kier molecular flexibility index (Phi) is 3.37. The molecule has 114 valence electrons. The van der Waals surface area contributed by atoms with Crippen molar-refractivity contribution in [2.24, 2.45) is 0 Å². The van der Waals surface area contributed by atoms with Crippen molar-refractivity contribution >= 4 is 34.7 Å². The zero-order valence-corrected chi connectivity index (χ0v) is 12.8. The maximum absolute atomic E-state index is 11.2. The van der Waals surface area contributed by atoms with Crippen molar-refractivity contribution < 1.29 is 4.79 Å².